The minimum atomic E-state index is -3.92. The van der Waals surface area contributed by atoms with Crippen molar-refractivity contribution in [2.75, 3.05) is 13.6 Å². The standard InChI is InChI=1S/C31H36ClN3O4S/c1-23-12-18-28(19-13-23)40(38,39)34(2)22-30(36)35(21-25-14-16-26(32)17-15-25)29(20-24-8-4-3-5-9-24)31(37)33-27-10-6-7-11-27/h3-5,8-9,12-19,27,29H,6-7,10-11,20-22H2,1-2H3,(H,33,37)/t29-/m1/s1. The molecule has 3 aromatic carbocycles. The lowest BCUT2D eigenvalue weighted by Crippen LogP contribution is -2.54. The minimum absolute atomic E-state index is 0.0721. The Labute approximate surface area is 242 Å². The Hall–Kier alpha value is -3.20. The molecule has 0 bridgehead atoms. The van der Waals surface area contributed by atoms with E-state index in [1.165, 1.54) is 24.1 Å². The normalized spacial score (nSPS) is 14.7. The number of nitrogens with zero attached hydrogens (tertiary/aromatic N) is 2. The van der Waals surface area contributed by atoms with Crippen LogP contribution in [0.25, 0.3) is 0 Å². The van der Waals surface area contributed by atoms with Crippen molar-refractivity contribution >= 4 is 33.4 Å². The van der Waals surface area contributed by atoms with Gasteiger partial charge in [0.1, 0.15) is 6.04 Å². The van der Waals surface area contributed by atoms with Crippen LogP contribution in [0.2, 0.25) is 5.02 Å². The monoisotopic (exact) mass is 581 g/mol. The second kappa shape index (κ2) is 13.4. The van der Waals surface area contributed by atoms with Gasteiger partial charge in [0, 0.05) is 31.1 Å². The fraction of sp³-hybridized carbons (Fsp3) is 0.355. The minimum Gasteiger partial charge on any atom is -0.352 e. The third kappa shape index (κ3) is 7.71. The first kappa shape index (κ1) is 29.8. The quantitative estimate of drug-likeness (QED) is 0.346. The second-order valence-corrected chi connectivity index (χ2v) is 12.9. The lowest BCUT2D eigenvalue weighted by molar-refractivity contribution is -0.141. The summed E-state index contributed by atoms with van der Waals surface area (Å²) in [6.07, 6.45) is 4.23. The number of likely N-dealkylation sites (N-methyl/N-ethyl adjacent to an activating group) is 1. The molecule has 9 heteroatoms. The number of carbonyl (C=O) groups is 2. The Morgan fingerprint density at radius 3 is 2.17 bits per heavy atom. The van der Waals surface area contributed by atoms with E-state index in [1.807, 2.05) is 49.4 Å². The molecule has 0 unspecified atom stereocenters. The maximum absolute atomic E-state index is 13.9. The van der Waals surface area contributed by atoms with Gasteiger partial charge in [-0.1, -0.05) is 84.6 Å². The molecular weight excluding hydrogens is 546 g/mol. The molecule has 1 aliphatic carbocycles. The highest BCUT2D eigenvalue weighted by Crippen LogP contribution is 2.22. The smallest absolute Gasteiger partial charge is 0.243 e. The maximum atomic E-state index is 13.9. The van der Waals surface area contributed by atoms with Crippen molar-refractivity contribution < 1.29 is 18.0 Å². The lowest BCUT2D eigenvalue weighted by Gasteiger charge is -2.33. The summed E-state index contributed by atoms with van der Waals surface area (Å²) in [5.41, 5.74) is 2.63. The van der Waals surface area contributed by atoms with Gasteiger partial charge in [0.05, 0.1) is 11.4 Å². The fourth-order valence-electron chi connectivity index (χ4n) is 4.96. The van der Waals surface area contributed by atoms with E-state index in [-0.39, 0.29) is 23.4 Å². The van der Waals surface area contributed by atoms with Crippen LogP contribution in [0.15, 0.2) is 83.8 Å². The highest BCUT2D eigenvalue weighted by molar-refractivity contribution is 7.89. The third-order valence-electron chi connectivity index (χ3n) is 7.33. The van der Waals surface area contributed by atoms with Gasteiger partial charge in [-0.05, 0) is 55.2 Å². The van der Waals surface area contributed by atoms with E-state index in [2.05, 4.69) is 5.32 Å². The summed E-state index contributed by atoms with van der Waals surface area (Å²) in [5.74, 6) is -0.697. The van der Waals surface area contributed by atoms with E-state index in [9.17, 15) is 18.0 Å². The fourth-order valence-corrected chi connectivity index (χ4v) is 6.21. The van der Waals surface area contributed by atoms with Crippen LogP contribution in [0, 0.1) is 6.92 Å². The summed E-state index contributed by atoms with van der Waals surface area (Å²) in [5, 5.41) is 3.72. The molecule has 1 aliphatic rings. The zero-order valence-corrected chi connectivity index (χ0v) is 24.5. The molecule has 212 valence electrons. The molecule has 0 aromatic heterocycles. The van der Waals surface area contributed by atoms with Crippen LogP contribution >= 0.6 is 11.6 Å². The largest absolute Gasteiger partial charge is 0.352 e. The van der Waals surface area contributed by atoms with E-state index < -0.39 is 28.5 Å². The van der Waals surface area contributed by atoms with Crippen molar-refractivity contribution in [3.05, 3.63) is 101 Å². The molecule has 40 heavy (non-hydrogen) atoms. The van der Waals surface area contributed by atoms with Crippen molar-refractivity contribution in [3.8, 4) is 0 Å². The number of aryl methyl sites for hydroxylation is 1. The van der Waals surface area contributed by atoms with Crippen molar-refractivity contribution in [1.82, 2.24) is 14.5 Å². The van der Waals surface area contributed by atoms with Crippen molar-refractivity contribution in [3.63, 3.8) is 0 Å². The van der Waals surface area contributed by atoms with E-state index in [1.54, 1.807) is 24.3 Å². The molecule has 0 radical (unpaired) electrons. The molecule has 7 nitrogen and oxygen atoms in total. The van der Waals surface area contributed by atoms with Gasteiger partial charge in [-0.3, -0.25) is 9.59 Å². The predicted molar refractivity (Wildman–Crippen MR) is 157 cm³/mol. The summed E-state index contributed by atoms with van der Waals surface area (Å²) in [6.45, 7) is 1.59. The van der Waals surface area contributed by atoms with Crippen LogP contribution in [-0.2, 0) is 32.6 Å². The Morgan fingerprint density at radius 2 is 1.55 bits per heavy atom. The van der Waals surface area contributed by atoms with Crippen LogP contribution in [0.5, 0.6) is 0 Å². The summed E-state index contributed by atoms with van der Waals surface area (Å²) in [6, 6.07) is 22.4. The number of carbonyl (C=O) groups excluding carboxylic acids is 2. The Kier molecular flexibility index (Phi) is 10.0. The first-order valence-electron chi connectivity index (χ1n) is 13.5. The van der Waals surface area contributed by atoms with E-state index in [0.29, 0.717) is 11.4 Å². The van der Waals surface area contributed by atoms with Gasteiger partial charge in [-0.25, -0.2) is 8.42 Å². The van der Waals surface area contributed by atoms with Crippen molar-refractivity contribution in [2.24, 2.45) is 0 Å². The number of amides is 2. The van der Waals surface area contributed by atoms with Crippen LogP contribution in [0.3, 0.4) is 0 Å². The number of hydrogen-bond acceptors (Lipinski definition) is 4. The number of benzene rings is 3. The molecule has 1 fully saturated rings. The highest BCUT2D eigenvalue weighted by atomic mass is 35.5. The first-order chi connectivity index (χ1) is 19.1. The molecular formula is C31H36ClN3O4S. The molecule has 3 aromatic rings. The third-order valence-corrected chi connectivity index (χ3v) is 9.40. The van der Waals surface area contributed by atoms with E-state index in [0.717, 1.165) is 46.7 Å². The molecule has 1 atom stereocenters. The summed E-state index contributed by atoms with van der Waals surface area (Å²) in [4.78, 5) is 29.3. The second-order valence-electron chi connectivity index (χ2n) is 10.4. The predicted octanol–water partition coefficient (Wildman–Crippen LogP) is 4.97. The van der Waals surface area contributed by atoms with Crippen LogP contribution in [0.4, 0.5) is 0 Å². The van der Waals surface area contributed by atoms with E-state index >= 15 is 0 Å². The van der Waals surface area contributed by atoms with Crippen LogP contribution in [-0.4, -0.2) is 55.1 Å². The average molecular weight is 582 g/mol. The summed E-state index contributed by atoms with van der Waals surface area (Å²) >= 11 is 6.10. The van der Waals surface area contributed by atoms with Gasteiger partial charge in [-0.15, -0.1) is 0 Å². The van der Waals surface area contributed by atoms with Gasteiger partial charge < -0.3 is 10.2 Å². The molecule has 0 aliphatic heterocycles. The van der Waals surface area contributed by atoms with Gasteiger partial charge in [0.25, 0.3) is 0 Å². The van der Waals surface area contributed by atoms with Gasteiger partial charge in [0.15, 0.2) is 0 Å². The molecule has 0 saturated heterocycles. The molecule has 2 amide bonds. The maximum Gasteiger partial charge on any atom is 0.243 e. The molecule has 4 rings (SSSR count). The van der Waals surface area contributed by atoms with Crippen molar-refractivity contribution in [1.29, 1.82) is 0 Å². The van der Waals surface area contributed by atoms with Gasteiger partial charge in [-0.2, -0.15) is 4.31 Å². The number of halogens is 1. The van der Waals surface area contributed by atoms with Crippen LogP contribution < -0.4 is 5.32 Å². The zero-order valence-electron chi connectivity index (χ0n) is 22.9. The SMILES string of the molecule is Cc1ccc(S(=O)(=O)N(C)CC(=O)N(Cc2ccc(Cl)cc2)[C@H](Cc2ccccc2)C(=O)NC2CCCC2)cc1. The Balaban J connectivity index is 1.65. The van der Waals surface area contributed by atoms with Crippen LogP contribution in [0.1, 0.15) is 42.4 Å². The lowest BCUT2D eigenvalue weighted by atomic mass is 10.0. The van der Waals surface area contributed by atoms with Crippen molar-refractivity contribution in [2.45, 2.75) is 62.6 Å². The van der Waals surface area contributed by atoms with Gasteiger partial charge in [0.2, 0.25) is 21.8 Å². The van der Waals surface area contributed by atoms with Gasteiger partial charge >= 0.3 is 0 Å². The zero-order chi connectivity index (χ0) is 28.7. The number of nitrogens with one attached hydrogen (secondary N) is 1. The molecule has 1 N–H and O–H groups in total. The Morgan fingerprint density at radius 1 is 0.925 bits per heavy atom. The summed E-state index contributed by atoms with van der Waals surface area (Å²) in [7, 11) is -2.53. The number of hydrogen-bond donors (Lipinski definition) is 1. The Bertz CT molecular complexity index is 1390. The highest BCUT2D eigenvalue weighted by Gasteiger charge is 2.34. The first-order valence-corrected chi connectivity index (χ1v) is 15.4. The number of rotatable bonds is 11. The number of sulfonamides is 1. The molecule has 0 heterocycles. The molecule has 0 spiro atoms. The summed E-state index contributed by atoms with van der Waals surface area (Å²) < 4.78 is 27.6. The average Bonchev–Trinajstić information content (AvgIpc) is 3.45. The van der Waals surface area contributed by atoms with E-state index in [4.69, 9.17) is 11.6 Å². The molecule has 1 saturated carbocycles. The topological polar surface area (TPSA) is 86.8 Å².